The van der Waals surface area contributed by atoms with Gasteiger partial charge in [0.15, 0.2) is 0 Å². The summed E-state index contributed by atoms with van der Waals surface area (Å²) in [5.41, 5.74) is 3.64. The first-order valence-electron chi connectivity index (χ1n) is 7.95. The smallest absolute Gasteiger partial charge is 0.216 e. The normalized spacial score (nSPS) is 12.1. The summed E-state index contributed by atoms with van der Waals surface area (Å²) in [4.78, 5) is 11.1. The molecule has 1 aromatic carbocycles. The summed E-state index contributed by atoms with van der Waals surface area (Å²) < 4.78 is 12.8. The molecule has 0 fully saturated rings. The molecular weight excluding hydrogens is 320 g/mol. The molecule has 0 aliphatic rings. The molecule has 3 rings (SSSR count). The van der Waals surface area contributed by atoms with Crippen molar-refractivity contribution in [1.82, 2.24) is 4.40 Å². The van der Waals surface area contributed by atoms with Gasteiger partial charge in [-0.25, -0.2) is 0 Å². The number of pyridine rings is 1. The summed E-state index contributed by atoms with van der Waals surface area (Å²) in [5, 5.41) is 11.4. The van der Waals surface area contributed by atoms with Gasteiger partial charge in [-0.05, 0) is 48.9 Å². The zero-order valence-electron chi connectivity index (χ0n) is 14.4. The highest BCUT2D eigenvalue weighted by molar-refractivity contribution is 5.56. The van der Waals surface area contributed by atoms with Gasteiger partial charge in [-0.2, -0.15) is 0 Å². The van der Waals surface area contributed by atoms with E-state index in [-0.39, 0.29) is 11.5 Å². The van der Waals surface area contributed by atoms with E-state index in [0.29, 0.717) is 11.5 Å². The van der Waals surface area contributed by atoms with Crippen LogP contribution in [0, 0.1) is 17.0 Å². The maximum Gasteiger partial charge on any atom is 0.216 e. The SMILES string of the molecule is COc1ccc(OC)c([C@@H](C[N+](=O)[O-])c2c(C)cc3ccccn23)c1. The van der Waals surface area contributed by atoms with E-state index >= 15 is 0 Å². The number of rotatable bonds is 6. The number of benzene rings is 1. The number of ether oxygens (including phenoxy) is 2. The Balaban J connectivity index is 2.25. The van der Waals surface area contributed by atoms with Crippen molar-refractivity contribution in [1.29, 1.82) is 0 Å². The molecule has 0 aliphatic carbocycles. The average molecular weight is 340 g/mol. The van der Waals surface area contributed by atoms with Crippen LogP contribution in [-0.4, -0.2) is 30.1 Å². The molecular formula is C19H20N2O4. The fourth-order valence-electron chi connectivity index (χ4n) is 3.31. The van der Waals surface area contributed by atoms with Gasteiger partial charge in [0.2, 0.25) is 6.54 Å². The fourth-order valence-corrected chi connectivity index (χ4v) is 3.31. The molecule has 130 valence electrons. The zero-order chi connectivity index (χ0) is 18.0. The van der Waals surface area contributed by atoms with Crippen LogP contribution in [0.1, 0.15) is 22.7 Å². The van der Waals surface area contributed by atoms with Crippen LogP contribution in [0.3, 0.4) is 0 Å². The summed E-state index contributed by atoms with van der Waals surface area (Å²) in [5.74, 6) is 0.797. The number of aromatic nitrogens is 1. The topological polar surface area (TPSA) is 66.0 Å². The molecule has 0 spiro atoms. The van der Waals surface area contributed by atoms with E-state index in [1.807, 2.05) is 47.9 Å². The highest BCUT2D eigenvalue weighted by Gasteiger charge is 2.28. The average Bonchev–Trinajstić information content (AvgIpc) is 2.94. The minimum absolute atomic E-state index is 0.231. The number of fused-ring (bicyclic) bond motifs is 1. The van der Waals surface area contributed by atoms with Gasteiger partial charge >= 0.3 is 0 Å². The van der Waals surface area contributed by atoms with Crippen LogP contribution in [0.25, 0.3) is 5.52 Å². The maximum atomic E-state index is 11.4. The first kappa shape index (κ1) is 16.8. The molecule has 0 amide bonds. The Labute approximate surface area is 145 Å². The second kappa shape index (κ2) is 6.84. The summed E-state index contributed by atoms with van der Waals surface area (Å²) in [7, 11) is 3.14. The van der Waals surface area contributed by atoms with Crippen LogP contribution >= 0.6 is 0 Å². The van der Waals surface area contributed by atoms with Gasteiger partial charge in [-0.3, -0.25) is 10.1 Å². The van der Waals surface area contributed by atoms with Gasteiger partial charge in [0.25, 0.3) is 0 Å². The van der Waals surface area contributed by atoms with Crippen LogP contribution in [0.15, 0.2) is 48.7 Å². The van der Waals surface area contributed by atoms with E-state index in [2.05, 4.69) is 0 Å². The minimum atomic E-state index is -0.454. The Hall–Kier alpha value is -3.02. The molecule has 2 aromatic heterocycles. The molecule has 6 heteroatoms. The molecule has 1 atom stereocenters. The highest BCUT2D eigenvalue weighted by Crippen LogP contribution is 2.37. The van der Waals surface area contributed by atoms with Gasteiger partial charge in [-0.1, -0.05) is 6.07 Å². The van der Waals surface area contributed by atoms with Crippen molar-refractivity contribution in [2.75, 3.05) is 20.8 Å². The van der Waals surface area contributed by atoms with Crippen LogP contribution in [-0.2, 0) is 0 Å². The van der Waals surface area contributed by atoms with E-state index in [0.717, 1.165) is 22.3 Å². The van der Waals surface area contributed by atoms with Gasteiger partial charge in [0.05, 0.1) is 20.1 Å². The number of nitrogens with zero attached hydrogens (tertiary/aromatic N) is 2. The molecule has 6 nitrogen and oxygen atoms in total. The summed E-state index contributed by atoms with van der Waals surface area (Å²) in [6.45, 7) is 1.74. The Kier molecular flexibility index (Phi) is 4.61. The van der Waals surface area contributed by atoms with Gasteiger partial charge in [0, 0.05) is 27.9 Å². The Morgan fingerprint density at radius 3 is 2.64 bits per heavy atom. The lowest BCUT2D eigenvalue weighted by Gasteiger charge is -2.19. The first-order valence-corrected chi connectivity index (χ1v) is 7.95. The Bertz CT molecular complexity index is 917. The molecule has 0 unspecified atom stereocenters. The van der Waals surface area contributed by atoms with Gasteiger partial charge in [0.1, 0.15) is 11.5 Å². The Morgan fingerprint density at radius 2 is 1.96 bits per heavy atom. The van der Waals surface area contributed by atoms with Crippen molar-refractivity contribution >= 4 is 5.52 Å². The summed E-state index contributed by atoms with van der Waals surface area (Å²) in [6, 6.07) is 13.3. The highest BCUT2D eigenvalue weighted by atomic mass is 16.6. The van der Waals surface area contributed by atoms with E-state index in [9.17, 15) is 10.1 Å². The van der Waals surface area contributed by atoms with Crippen molar-refractivity contribution in [2.45, 2.75) is 12.8 Å². The lowest BCUT2D eigenvalue weighted by molar-refractivity contribution is -0.482. The molecule has 3 aromatic rings. The molecule has 0 radical (unpaired) electrons. The minimum Gasteiger partial charge on any atom is -0.497 e. The van der Waals surface area contributed by atoms with Crippen molar-refractivity contribution < 1.29 is 14.4 Å². The Morgan fingerprint density at radius 1 is 1.16 bits per heavy atom. The monoisotopic (exact) mass is 340 g/mol. The standard InChI is InChI=1S/C19H20N2O4/c1-13-10-14-6-4-5-9-20(14)19(13)17(12-21(22)23)16-11-15(24-2)7-8-18(16)25-3/h4-11,17H,12H2,1-3H3/t17-/m1/s1. The van der Waals surface area contributed by atoms with Crippen LogP contribution in [0.4, 0.5) is 0 Å². The van der Waals surface area contributed by atoms with Crippen molar-refractivity contribution in [3.8, 4) is 11.5 Å². The number of hydrogen-bond acceptors (Lipinski definition) is 4. The maximum absolute atomic E-state index is 11.4. The third-order valence-electron chi connectivity index (χ3n) is 4.39. The molecule has 0 bridgehead atoms. The second-order valence-electron chi connectivity index (χ2n) is 5.88. The number of methoxy groups -OCH3 is 2. The van der Waals surface area contributed by atoms with Crippen molar-refractivity contribution in [2.24, 2.45) is 0 Å². The van der Waals surface area contributed by atoms with Crippen molar-refractivity contribution in [3.05, 3.63) is 75.6 Å². The van der Waals surface area contributed by atoms with Crippen LogP contribution in [0.5, 0.6) is 11.5 Å². The summed E-state index contributed by atoms with van der Waals surface area (Å²) in [6.07, 6.45) is 1.93. The van der Waals surface area contributed by atoms with E-state index in [4.69, 9.17) is 9.47 Å². The lowest BCUT2D eigenvalue weighted by atomic mass is 9.92. The predicted molar refractivity (Wildman–Crippen MR) is 95.4 cm³/mol. The molecule has 2 heterocycles. The lowest BCUT2D eigenvalue weighted by Crippen LogP contribution is -2.17. The zero-order valence-corrected chi connectivity index (χ0v) is 14.4. The van der Waals surface area contributed by atoms with Crippen LogP contribution in [0.2, 0.25) is 0 Å². The van der Waals surface area contributed by atoms with E-state index < -0.39 is 5.92 Å². The first-order chi connectivity index (χ1) is 12.0. The predicted octanol–water partition coefficient (Wildman–Crippen LogP) is 3.67. The largest absolute Gasteiger partial charge is 0.497 e. The third-order valence-corrected chi connectivity index (χ3v) is 4.39. The van der Waals surface area contributed by atoms with E-state index in [1.54, 1.807) is 26.4 Å². The van der Waals surface area contributed by atoms with E-state index in [1.165, 1.54) is 0 Å². The molecule has 0 N–H and O–H groups in total. The second-order valence-corrected chi connectivity index (χ2v) is 5.88. The molecule has 0 saturated heterocycles. The van der Waals surface area contributed by atoms with Crippen LogP contribution < -0.4 is 9.47 Å². The van der Waals surface area contributed by atoms with Gasteiger partial charge < -0.3 is 13.9 Å². The molecule has 25 heavy (non-hydrogen) atoms. The number of aryl methyl sites for hydroxylation is 1. The number of nitro groups is 1. The van der Waals surface area contributed by atoms with Crippen molar-refractivity contribution in [3.63, 3.8) is 0 Å². The number of hydrogen-bond donors (Lipinski definition) is 0. The molecule has 0 aliphatic heterocycles. The molecule has 0 saturated carbocycles. The fraction of sp³-hybridized carbons (Fsp3) is 0.263. The van der Waals surface area contributed by atoms with Gasteiger partial charge in [-0.15, -0.1) is 0 Å². The third kappa shape index (κ3) is 3.15. The quantitative estimate of drug-likeness (QED) is 0.507. The summed E-state index contributed by atoms with van der Waals surface area (Å²) >= 11 is 0.